The molecular formula is C15H10Cl5NO2. The number of amides is 1. The normalized spacial score (nSPS) is 10.5. The van der Waals surface area contributed by atoms with Crippen LogP contribution in [0.25, 0.3) is 0 Å². The highest BCUT2D eigenvalue weighted by atomic mass is 35.5. The van der Waals surface area contributed by atoms with Crippen molar-refractivity contribution >= 4 is 69.6 Å². The molecule has 0 aromatic heterocycles. The Morgan fingerprint density at radius 1 is 1.04 bits per heavy atom. The molecular weight excluding hydrogens is 403 g/mol. The number of hydrogen-bond acceptors (Lipinski definition) is 2. The van der Waals surface area contributed by atoms with Crippen LogP contribution in [0.15, 0.2) is 24.3 Å². The molecule has 0 aliphatic rings. The van der Waals surface area contributed by atoms with E-state index in [1.807, 2.05) is 0 Å². The first-order valence-electron chi connectivity index (χ1n) is 6.32. The van der Waals surface area contributed by atoms with Gasteiger partial charge in [-0.05, 0) is 30.7 Å². The van der Waals surface area contributed by atoms with E-state index >= 15 is 0 Å². The van der Waals surface area contributed by atoms with Gasteiger partial charge in [-0.3, -0.25) is 4.79 Å². The van der Waals surface area contributed by atoms with Crippen molar-refractivity contribution in [2.24, 2.45) is 0 Å². The van der Waals surface area contributed by atoms with Crippen LogP contribution in [0.3, 0.4) is 0 Å². The van der Waals surface area contributed by atoms with Crippen molar-refractivity contribution < 1.29 is 9.53 Å². The lowest BCUT2D eigenvalue weighted by molar-refractivity contribution is -0.118. The molecule has 3 nitrogen and oxygen atoms in total. The van der Waals surface area contributed by atoms with Crippen molar-refractivity contribution in [2.75, 3.05) is 11.9 Å². The fourth-order valence-corrected chi connectivity index (χ4v) is 2.94. The fourth-order valence-electron chi connectivity index (χ4n) is 1.75. The summed E-state index contributed by atoms with van der Waals surface area (Å²) in [5, 5.41) is 3.77. The summed E-state index contributed by atoms with van der Waals surface area (Å²) in [6, 6.07) is 6.60. The van der Waals surface area contributed by atoms with E-state index in [0.29, 0.717) is 10.7 Å². The van der Waals surface area contributed by atoms with E-state index in [4.69, 9.17) is 62.7 Å². The van der Waals surface area contributed by atoms with Crippen LogP contribution in [-0.4, -0.2) is 12.5 Å². The first-order valence-corrected chi connectivity index (χ1v) is 8.21. The minimum absolute atomic E-state index is 0.0518. The summed E-state index contributed by atoms with van der Waals surface area (Å²) >= 11 is 29.8. The maximum atomic E-state index is 12.0. The van der Waals surface area contributed by atoms with Gasteiger partial charge in [-0.15, -0.1) is 0 Å². The van der Waals surface area contributed by atoms with Crippen molar-refractivity contribution in [3.63, 3.8) is 0 Å². The minimum atomic E-state index is -0.395. The summed E-state index contributed by atoms with van der Waals surface area (Å²) in [5.41, 5.74) is 1.35. The van der Waals surface area contributed by atoms with Crippen molar-refractivity contribution in [3.8, 4) is 5.75 Å². The second-order valence-corrected chi connectivity index (χ2v) is 6.52. The van der Waals surface area contributed by atoms with Crippen LogP contribution in [0.1, 0.15) is 5.56 Å². The Balaban J connectivity index is 2.08. The average molecular weight is 414 g/mol. The zero-order valence-corrected chi connectivity index (χ0v) is 15.5. The summed E-state index contributed by atoms with van der Waals surface area (Å²) in [4.78, 5) is 12.0. The first-order chi connectivity index (χ1) is 10.8. The predicted octanol–water partition coefficient (Wildman–Crippen LogP) is 6.28. The van der Waals surface area contributed by atoms with Crippen LogP contribution >= 0.6 is 58.0 Å². The monoisotopic (exact) mass is 411 g/mol. The quantitative estimate of drug-likeness (QED) is 0.473. The second kappa shape index (κ2) is 7.82. The highest BCUT2D eigenvalue weighted by molar-refractivity contribution is 6.50. The van der Waals surface area contributed by atoms with Crippen LogP contribution in [0.5, 0.6) is 5.75 Å². The molecule has 0 aliphatic heterocycles. The molecule has 23 heavy (non-hydrogen) atoms. The number of anilines is 1. The summed E-state index contributed by atoms with van der Waals surface area (Å²) in [5.74, 6) is -0.297. The maximum Gasteiger partial charge on any atom is 0.262 e. The van der Waals surface area contributed by atoms with Crippen LogP contribution in [-0.2, 0) is 4.79 Å². The van der Waals surface area contributed by atoms with Gasteiger partial charge in [-0.25, -0.2) is 0 Å². The number of halogens is 5. The van der Waals surface area contributed by atoms with Gasteiger partial charge in [0.05, 0.1) is 15.1 Å². The van der Waals surface area contributed by atoms with Gasteiger partial charge in [0.1, 0.15) is 5.02 Å². The van der Waals surface area contributed by atoms with Gasteiger partial charge in [0.2, 0.25) is 0 Å². The Kier molecular flexibility index (Phi) is 6.29. The highest BCUT2D eigenvalue weighted by Gasteiger charge is 2.16. The first kappa shape index (κ1) is 18.5. The van der Waals surface area contributed by atoms with Gasteiger partial charge in [0.25, 0.3) is 5.91 Å². The molecule has 0 bridgehead atoms. The third-order valence-electron chi connectivity index (χ3n) is 2.96. The molecule has 2 aromatic rings. The number of nitrogens with one attached hydrogen (secondary N) is 1. The molecule has 1 N–H and O–H groups in total. The second-order valence-electron chi connectivity index (χ2n) is 4.55. The van der Waals surface area contributed by atoms with E-state index in [9.17, 15) is 4.79 Å². The van der Waals surface area contributed by atoms with E-state index in [1.165, 1.54) is 6.07 Å². The third-order valence-corrected chi connectivity index (χ3v) is 4.90. The Bertz CT molecular complexity index is 764. The van der Waals surface area contributed by atoms with E-state index in [2.05, 4.69) is 5.32 Å². The highest BCUT2D eigenvalue weighted by Crippen LogP contribution is 2.42. The molecule has 0 aliphatic carbocycles. The maximum absolute atomic E-state index is 12.0. The molecule has 2 rings (SSSR count). The Morgan fingerprint density at radius 2 is 1.74 bits per heavy atom. The largest absolute Gasteiger partial charge is 0.481 e. The minimum Gasteiger partial charge on any atom is -0.481 e. The molecule has 0 saturated carbocycles. The third kappa shape index (κ3) is 4.37. The Morgan fingerprint density at radius 3 is 2.43 bits per heavy atom. The molecule has 0 heterocycles. The number of hydrogen-bond donors (Lipinski definition) is 1. The van der Waals surface area contributed by atoms with Gasteiger partial charge in [0, 0.05) is 10.7 Å². The van der Waals surface area contributed by atoms with Gasteiger partial charge in [0.15, 0.2) is 12.4 Å². The summed E-state index contributed by atoms with van der Waals surface area (Å²) < 4.78 is 5.36. The smallest absolute Gasteiger partial charge is 0.262 e. The van der Waals surface area contributed by atoms with Crippen LogP contribution in [0, 0.1) is 6.92 Å². The molecule has 0 radical (unpaired) electrons. The fraction of sp³-hybridized carbons (Fsp3) is 0.133. The SMILES string of the molecule is Cc1c(Cl)cccc1NC(=O)COc1c(Cl)cc(Cl)c(Cl)c1Cl. The van der Waals surface area contributed by atoms with Crippen molar-refractivity contribution in [1.29, 1.82) is 0 Å². The molecule has 0 saturated heterocycles. The molecule has 0 fully saturated rings. The van der Waals surface area contributed by atoms with E-state index < -0.39 is 5.91 Å². The van der Waals surface area contributed by atoms with Crippen LogP contribution < -0.4 is 10.1 Å². The topological polar surface area (TPSA) is 38.3 Å². The number of benzene rings is 2. The van der Waals surface area contributed by atoms with E-state index in [1.54, 1.807) is 25.1 Å². The number of carbonyl (C=O) groups is 1. The zero-order chi connectivity index (χ0) is 17.1. The molecule has 0 unspecified atom stereocenters. The van der Waals surface area contributed by atoms with Crippen molar-refractivity contribution in [1.82, 2.24) is 0 Å². The number of ether oxygens (including phenoxy) is 1. The molecule has 0 atom stereocenters. The zero-order valence-electron chi connectivity index (χ0n) is 11.7. The average Bonchev–Trinajstić information content (AvgIpc) is 2.49. The van der Waals surface area contributed by atoms with Gasteiger partial charge in [-0.1, -0.05) is 64.1 Å². The van der Waals surface area contributed by atoms with Crippen LogP contribution in [0.4, 0.5) is 5.69 Å². The number of rotatable bonds is 4. The van der Waals surface area contributed by atoms with Crippen molar-refractivity contribution in [2.45, 2.75) is 6.92 Å². The molecule has 1 amide bonds. The van der Waals surface area contributed by atoms with E-state index in [-0.39, 0.29) is 32.4 Å². The lowest BCUT2D eigenvalue weighted by Crippen LogP contribution is -2.21. The summed E-state index contributed by atoms with van der Waals surface area (Å²) in [7, 11) is 0. The van der Waals surface area contributed by atoms with Gasteiger partial charge >= 0.3 is 0 Å². The Labute approximate surface area is 158 Å². The van der Waals surface area contributed by atoms with Gasteiger partial charge < -0.3 is 10.1 Å². The van der Waals surface area contributed by atoms with E-state index in [0.717, 1.165) is 5.56 Å². The van der Waals surface area contributed by atoms with Gasteiger partial charge in [-0.2, -0.15) is 0 Å². The lowest BCUT2D eigenvalue weighted by atomic mass is 10.2. The number of carbonyl (C=O) groups excluding carboxylic acids is 1. The van der Waals surface area contributed by atoms with Crippen LogP contribution in [0.2, 0.25) is 25.1 Å². The molecule has 2 aromatic carbocycles. The Hall–Kier alpha value is -0.840. The molecule has 0 spiro atoms. The summed E-state index contributed by atoms with van der Waals surface area (Å²) in [6.07, 6.45) is 0. The molecule has 122 valence electrons. The standard InChI is InChI=1S/C15H10Cl5NO2/c1-7-8(16)3-2-4-11(7)21-12(22)6-23-15-10(18)5-9(17)13(19)14(15)20/h2-5H,6H2,1H3,(H,21,22). The lowest BCUT2D eigenvalue weighted by Gasteiger charge is -2.13. The predicted molar refractivity (Wildman–Crippen MR) is 96.8 cm³/mol. The molecule has 8 heteroatoms. The van der Waals surface area contributed by atoms with Crippen molar-refractivity contribution in [3.05, 3.63) is 54.9 Å². The summed E-state index contributed by atoms with van der Waals surface area (Å²) in [6.45, 7) is 1.49.